The molecular formula is C10H16N2O3. The summed E-state index contributed by atoms with van der Waals surface area (Å²) in [6, 6.07) is 3.43. The van der Waals surface area contributed by atoms with E-state index in [1.807, 2.05) is 0 Å². The zero-order valence-corrected chi connectivity index (χ0v) is 8.91. The van der Waals surface area contributed by atoms with Crippen LogP contribution < -0.4 is 11.1 Å². The molecule has 0 atom stereocenters. The lowest BCUT2D eigenvalue weighted by atomic mass is 10.1. The number of carbonyl (C=O) groups excluding carboxylic acids is 1. The van der Waals surface area contributed by atoms with E-state index >= 15 is 0 Å². The highest BCUT2D eigenvalue weighted by Gasteiger charge is 2.24. The molecule has 15 heavy (non-hydrogen) atoms. The Hall–Kier alpha value is -1.33. The van der Waals surface area contributed by atoms with Gasteiger partial charge in [0.25, 0.3) is 0 Å². The van der Waals surface area contributed by atoms with Crippen LogP contribution in [0.15, 0.2) is 16.5 Å². The molecule has 1 heterocycles. The first-order valence-electron chi connectivity index (χ1n) is 4.69. The van der Waals surface area contributed by atoms with Crippen LogP contribution in [0, 0.1) is 0 Å². The number of hydrogen-bond acceptors (Lipinski definition) is 4. The first-order chi connectivity index (χ1) is 6.95. The van der Waals surface area contributed by atoms with Gasteiger partial charge in [0.05, 0.1) is 12.1 Å². The lowest BCUT2D eigenvalue weighted by Crippen LogP contribution is -2.50. The molecule has 0 unspecified atom stereocenters. The van der Waals surface area contributed by atoms with Crippen molar-refractivity contribution >= 4 is 5.91 Å². The Labute approximate surface area is 88.3 Å². The third-order valence-corrected chi connectivity index (χ3v) is 2.19. The van der Waals surface area contributed by atoms with Crippen LogP contribution in [0.4, 0.5) is 0 Å². The monoisotopic (exact) mass is 212 g/mol. The Bertz CT molecular complexity index is 344. The number of rotatable bonds is 5. The standard InChI is InChI=1S/C10H16N2O3/c1-10(2,9(11)14)12-5-7-3-4-8(6-13)15-7/h3-4,12-13H,5-6H2,1-2H3,(H2,11,14). The molecule has 5 nitrogen and oxygen atoms in total. The summed E-state index contributed by atoms with van der Waals surface area (Å²) < 4.78 is 5.24. The Balaban J connectivity index is 2.53. The topological polar surface area (TPSA) is 88.5 Å². The molecule has 1 amide bonds. The van der Waals surface area contributed by atoms with E-state index in [4.69, 9.17) is 15.3 Å². The third-order valence-electron chi connectivity index (χ3n) is 2.19. The second-order valence-corrected chi connectivity index (χ2v) is 3.87. The average molecular weight is 212 g/mol. The Morgan fingerprint density at radius 1 is 1.53 bits per heavy atom. The van der Waals surface area contributed by atoms with E-state index in [2.05, 4.69) is 5.32 Å². The van der Waals surface area contributed by atoms with E-state index in [9.17, 15) is 4.79 Å². The largest absolute Gasteiger partial charge is 0.462 e. The maximum Gasteiger partial charge on any atom is 0.237 e. The van der Waals surface area contributed by atoms with Crippen molar-refractivity contribution in [2.45, 2.75) is 32.5 Å². The van der Waals surface area contributed by atoms with Crippen molar-refractivity contribution < 1.29 is 14.3 Å². The smallest absolute Gasteiger partial charge is 0.237 e. The summed E-state index contributed by atoms with van der Waals surface area (Å²) in [5.41, 5.74) is 4.42. The minimum Gasteiger partial charge on any atom is -0.462 e. The van der Waals surface area contributed by atoms with Crippen molar-refractivity contribution in [1.29, 1.82) is 0 Å². The van der Waals surface area contributed by atoms with E-state index in [0.29, 0.717) is 18.1 Å². The first-order valence-corrected chi connectivity index (χ1v) is 4.69. The molecule has 0 saturated heterocycles. The summed E-state index contributed by atoms with van der Waals surface area (Å²) in [4.78, 5) is 11.0. The predicted molar refractivity (Wildman–Crippen MR) is 54.7 cm³/mol. The number of aliphatic hydroxyl groups excluding tert-OH is 1. The number of amides is 1. The molecule has 0 aliphatic carbocycles. The van der Waals surface area contributed by atoms with Gasteiger partial charge >= 0.3 is 0 Å². The summed E-state index contributed by atoms with van der Waals surface area (Å²) in [5, 5.41) is 11.7. The second kappa shape index (κ2) is 4.46. The summed E-state index contributed by atoms with van der Waals surface area (Å²) in [6.45, 7) is 3.67. The van der Waals surface area contributed by atoms with Crippen molar-refractivity contribution in [3.05, 3.63) is 23.7 Å². The average Bonchev–Trinajstić information content (AvgIpc) is 2.62. The van der Waals surface area contributed by atoms with Gasteiger partial charge in [-0.2, -0.15) is 0 Å². The van der Waals surface area contributed by atoms with Crippen LogP contribution in [-0.2, 0) is 17.9 Å². The maximum atomic E-state index is 11.0. The summed E-state index contributed by atoms with van der Waals surface area (Å²) in [5.74, 6) is 0.744. The molecule has 0 spiro atoms. The lowest BCUT2D eigenvalue weighted by molar-refractivity contribution is -0.123. The van der Waals surface area contributed by atoms with Crippen LogP contribution in [0.5, 0.6) is 0 Å². The van der Waals surface area contributed by atoms with Crippen LogP contribution in [0.25, 0.3) is 0 Å². The van der Waals surface area contributed by atoms with E-state index in [0.717, 1.165) is 0 Å². The van der Waals surface area contributed by atoms with Crippen molar-refractivity contribution in [3.8, 4) is 0 Å². The zero-order chi connectivity index (χ0) is 11.5. The first kappa shape index (κ1) is 11.7. The van der Waals surface area contributed by atoms with Gasteiger partial charge in [-0.05, 0) is 26.0 Å². The minimum atomic E-state index is -0.772. The molecule has 4 N–H and O–H groups in total. The molecule has 5 heteroatoms. The van der Waals surface area contributed by atoms with Crippen molar-refractivity contribution in [3.63, 3.8) is 0 Å². The minimum absolute atomic E-state index is 0.126. The van der Waals surface area contributed by atoms with Gasteiger partial charge in [-0.1, -0.05) is 0 Å². The van der Waals surface area contributed by atoms with Crippen molar-refractivity contribution in [2.75, 3.05) is 0 Å². The number of furan rings is 1. The SMILES string of the molecule is CC(C)(NCc1ccc(CO)o1)C(N)=O. The molecule has 1 aromatic heterocycles. The van der Waals surface area contributed by atoms with Crippen LogP contribution >= 0.6 is 0 Å². The van der Waals surface area contributed by atoms with E-state index < -0.39 is 11.4 Å². The molecule has 0 aliphatic rings. The van der Waals surface area contributed by atoms with Gasteiger partial charge in [0.2, 0.25) is 5.91 Å². The Morgan fingerprint density at radius 3 is 2.60 bits per heavy atom. The highest BCUT2D eigenvalue weighted by atomic mass is 16.4. The molecule has 0 fully saturated rings. The normalized spacial score (nSPS) is 11.7. The highest BCUT2D eigenvalue weighted by Crippen LogP contribution is 2.09. The quantitative estimate of drug-likeness (QED) is 0.647. The molecule has 1 rings (SSSR count). The molecule has 84 valence electrons. The molecule has 1 aromatic rings. The number of aliphatic hydroxyl groups is 1. The summed E-state index contributed by atoms with van der Waals surface area (Å²) in [6.07, 6.45) is 0. The van der Waals surface area contributed by atoms with Gasteiger partial charge in [-0.3, -0.25) is 10.1 Å². The molecular weight excluding hydrogens is 196 g/mol. The van der Waals surface area contributed by atoms with Crippen LogP contribution in [0.2, 0.25) is 0 Å². The number of hydrogen-bond donors (Lipinski definition) is 3. The number of nitrogens with two attached hydrogens (primary N) is 1. The van der Waals surface area contributed by atoms with Crippen molar-refractivity contribution in [1.82, 2.24) is 5.32 Å². The van der Waals surface area contributed by atoms with Gasteiger partial charge in [0.15, 0.2) is 0 Å². The van der Waals surface area contributed by atoms with Crippen LogP contribution in [0.3, 0.4) is 0 Å². The second-order valence-electron chi connectivity index (χ2n) is 3.87. The highest BCUT2D eigenvalue weighted by molar-refractivity contribution is 5.83. The molecule has 0 radical (unpaired) electrons. The predicted octanol–water partition coefficient (Wildman–Crippen LogP) is 0.125. The van der Waals surface area contributed by atoms with Crippen LogP contribution in [0.1, 0.15) is 25.4 Å². The van der Waals surface area contributed by atoms with Crippen molar-refractivity contribution in [2.24, 2.45) is 5.73 Å². The summed E-state index contributed by atoms with van der Waals surface area (Å²) in [7, 11) is 0. The summed E-state index contributed by atoms with van der Waals surface area (Å²) >= 11 is 0. The fourth-order valence-electron chi connectivity index (χ4n) is 0.998. The molecule has 0 saturated carbocycles. The zero-order valence-electron chi connectivity index (χ0n) is 8.91. The Kier molecular flexibility index (Phi) is 3.49. The fraction of sp³-hybridized carbons (Fsp3) is 0.500. The van der Waals surface area contributed by atoms with Gasteiger partial charge in [-0.15, -0.1) is 0 Å². The fourth-order valence-corrected chi connectivity index (χ4v) is 0.998. The van der Waals surface area contributed by atoms with E-state index in [1.165, 1.54) is 0 Å². The van der Waals surface area contributed by atoms with Gasteiger partial charge in [-0.25, -0.2) is 0 Å². The number of nitrogens with one attached hydrogen (secondary N) is 1. The molecule has 0 aliphatic heterocycles. The van der Waals surface area contributed by atoms with Crippen LogP contribution in [-0.4, -0.2) is 16.6 Å². The number of carbonyl (C=O) groups is 1. The third kappa shape index (κ3) is 3.07. The van der Waals surface area contributed by atoms with Gasteiger partial charge in [0, 0.05) is 0 Å². The number of primary amides is 1. The molecule has 0 aromatic carbocycles. The van der Waals surface area contributed by atoms with Gasteiger partial charge in [0.1, 0.15) is 18.1 Å². The van der Waals surface area contributed by atoms with E-state index in [1.54, 1.807) is 26.0 Å². The van der Waals surface area contributed by atoms with E-state index in [-0.39, 0.29) is 6.61 Å². The molecule has 0 bridgehead atoms. The Morgan fingerprint density at radius 2 is 2.13 bits per heavy atom. The maximum absolute atomic E-state index is 11.0. The lowest BCUT2D eigenvalue weighted by Gasteiger charge is -2.21. The van der Waals surface area contributed by atoms with Gasteiger partial charge < -0.3 is 15.3 Å².